The number of ether oxygens (including phenoxy) is 1. The van der Waals surface area contributed by atoms with Crippen molar-refractivity contribution in [1.29, 1.82) is 0 Å². The van der Waals surface area contributed by atoms with Gasteiger partial charge in [-0.3, -0.25) is 4.79 Å². The van der Waals surface area contributed by atoms with Crippen LogP contribution in [0.25, 0.3) is 0 Å². The molecule has 0 spiro atoms. The van der Waals surface area contributed by atoms with Gasteiger partial charge in [0.25, 0.3) is 0 Å². The summed E-state index contributed by atoms with van der Waals surface area (Å²) in [4.78, 5) is 15.1. The predicted octanol–water partition coefficient (Wildman–Crippen LogP) is 5.68. The van der Waals surface area contributed by atoms with Crippen LogP contribution in [-0.2, 0) is 21.4 Å². The number of para-hydroxylation sites is 1. The number of hydrogen-bond acceptors (Lipinski definition) is 5. The molecular formula is C28H26N2O4S2. The summed E-state index contributed by atoms with van der Waals surface area (Å²) in [6.07, 6.45) is 0. The molecule has 0 aliphatic rings. The van der Waals surface area contributed by atoms with Crippen molar-refractivity contribution in [3.05, 3.63) is 115 Å². The van der Waals surface area contributed by atoms with Crippen molar-refractivity contribution in [1.82, 2.24) is 4.31 Å². The normalized spacial score (nSPS) is 11.3. The fourth-order valence-corrected chi connectivity index (χ4v) is 5.84. The lowest BCUT2D eigenvalue weighted by Crippen LogP contribution is -2.37. The largest absolute Gasteiger partial charge is 0.497 e. The molecule has 8 heteroatoms. The number of carbonyl (C=O) groups is 1. The van der Waals surface area contributed by atoms with Gasteiger partial charge >= 0.3 is 0 Å². The van der Waals surface area contributed by atoms with Crippen molar-refractivity contribution in [3.63, 3.8) is 0 Å². The highest BCUT2D eigenvalue weighted by Gasteiger charge is 2.27. The molecule has 1 N–H and O–H groups in total. The summed E-state index contributed by atoms with van der Waals surface area (Å²) in [5, 5.41) is 2.90. The number of methoxy groups -OCH3 is 1. The van der Waals surface area contributed by atoms with E-state index in [-0.39, 0.29) is 18.0 Å². The molecule has 0 atom stereocenters. The molecule has 0 saturated heterocycles. The van der Waals surface area contributed by atoms with Crippen LogP contribution in [0.5, 0.6) is 5.75 Å². The fourth-order valence-electron chi connectivity index (χ4n) is 3.53. The maximum absolute atomic E-state index is 13.5. The maximum atomic E-state index is 13.5. The highest BCUT2D eigenvalue weighted by molar-refractivity contribution is 7.99. The minimum Gasteiger partial charge on any atom is -0.497 e. The Balaban J connectivity index is 1.57. The van der Waals surface area contributed by atoms with E-state index < -0.39 is 15.9 Å². The number of carbonyl (C=O) groups excluding carboxylic acids is 1. The topological polar surface area (TPSA) is 75.7 Å². The highest BCUT2D eigenvalue weighted by atomic mass is 32.2. The third-order valence-electron chi connectivity index (χ3n) is 5.35. The van der Waals surface area contributed by atoms with Crippen LogP contribution < -0.4 is 10.1 Å². The SMILES string of the molecule is COc1ccc(S(=O)(=O)N(CC(=O)Nc2ccccc2Sc2ccccc2)Cc2ccccc2)cc1. The molecule has 1 amide bonds. The van der Waals surface area contributed by atoms with Crippen LogP contribution in [0.15, 0.2) is 124 Å². The van der Waals surface area contributed by atoms with Crippen molar-refractivity contribution in [3.8, 4) is 5.75 Å². The van der Waals surface area contributed by atoms with E-state index in [0.717, 1.165) is 15.4 Å². The molecular weight excluding hydrogens is 492 g/mol. The van der Waals surface area contributed by atoms with Crippen LogP contribution in [0.3, 0.4) is 0 Å². The summed E-state index contributed by atoms with van der Waals surface area (Å²) in [6, 6.07) is 32.6. The minimum absolute atomic E-state index is 0.0586. The zero-order chi connectivity index (χ0) is 25.4. The van der Waals surface area contributed by atoms with Gasteiger partial charge in [0, 0.05) is 16.3 Å². The number of nitrogens with zero attached hydrogens (tertiary/aromatic N) is 1. The summed E-state index contributed by atoms with van der Waals surface area (Å²) in [7, 11) is -2.44. The van der Waals surface area contributed by atoms with Crippen molar-refractivity contribution in [2.75, 3.05) is 19.0 Å². The number of hydrogen-bond donors (Lipinski definition) is 1. The van der Waals surface area contributed by atoms with Gasteiger partial charge in [0.05, 0.1) is 24.2 Å². The molecule has 0 bridgehead atoms. The van der Waals surface area contributed by atoms with Gasteiger partial charge in [0.1, 0.15) is 5.75 Å². The summed E-state index contributed by atoms with van der Waals surface area (Å²) in [5.41, 5.74) is 1.40. The third-order valence-corrected chi connectivity index (χ3v) is 8.24. The summed E-state index contributed by atoms with van der Waals surface area (Å²) in [5.74, 6) is 0.123. The molecule has 0 saturated carbocycles. The Hall–Kier alpha value is -3.59. The van der Waals surface area contributed by atoms with Gasteiger partial charge in [-0.1, -0.05) is 72.4 Å². The van der Waals surface area contributed by atoms with E-state index in [4.69, 9.17) is 4.74 Å². The molecule has 4 aromatic rings. The molecule has 4 aromatic carbocycles. The van der Waals surface area contributed by atoms with E-state index in [1.54, 1.807) is 12.1 Å². The Kier molecular flexibility index (Phi) is 8.43. The number of sulfonamides is 1. The lowest BCUT2D eigenvalue weighted by molar-refractivity contribution is -0.116. The highest BCUT2D eigenvalue weighted by Crippen LogP contribution is 2.33. The van der Waals surface area contributed by atoms with Crippen LogP contribution >= 0.6 is 11.8 Å². The zero-order valence-corrected chi connectivity index (χ0v) is 21.3. The van der Waals surface area contributed by atoms with E-state index in [0.29, 0.717) is 11.4 Å². The average molecular weight is 519 g/mol. The molecule has 0 aliphatic carbocycles. The monoisotopic (exact) mass is 518 g/mol. The minimum atomic E-state index is -3.96. The molecule has 0 aromatic heterocycles. The second-order valence-corrected chi connectivity index (χ2v) is 10.9. The second-order valence-electron chi connectivity index (χ2n) is 7.89. The molecule has 36 heavy (non-hydrogen) atoms. The van der Waals surface area contributed by atoms with Crippen molar-refractivity contribution in [2.45, 2.75) is 21.2 Å². The van der Waals surface area contributed by atoms with Gasteiger partial charge in [-0.25, -0.2) is 8.42 Å². The van der Waals surface area contributed by atoms with E-state index in [2.05, 4.69) is 5.32 Å². The number of anilines is 1. The molecule has 0 fully saturated rings. The van der Waals surface area contributed by atoms with Crippen molar-refractivity contribution in [2.24, 2.45) is 0 Å². The first kappa shape index (κ1) is 25.5. The van der Waals surface area contributed by atoms with Crippen LogP contribution in [0, 0.1) is 0 Å². The maximum Gasteiger partial charge on any atom is 0.243 e. The lowest BCUT2D eigenvalue weighted by Gasteiger charge is -2.22. The second kappa shape index (κ2) is 11.9. The summed E-state index contributed by atoms with van der Waals surface area (Å²) in [6.45, 7) is -0.281. The number of nitrogens with one attached hydrogen (secondary N) is 1. The molecule has 0 aliphatic heterocycles. The summed E-state index contributed by atoms with van der Waals surface area (Å²) < 4.78 is 33.4. The summed E-state index contributed by atoms with van der Waals surface area (Å²) >= 11 is 1.53. The standard InChI is InChI=1S/C28H26N2O4S2/c1-34-23-16-18-25(19-17-23)36(32,33)30(20-22-10-4-2-5-11-22)21-28(31)29-26-14-8-9-15-27(26)35-24-12-6-3-7-13-24/h2-19H,20-21H2,1H3,(H,29,31). The van der Waals surface area contributed by atoms with Gasteiger partial charge < -0.3 is 10.1 Å². The van der Waals surface area contributed by atoms with Crippen LogP contribution in [0.1, 0.15) is 5.56 Å². The van der Waals surface area contributed by atoms with Crippen LogP contribution in [0.2, 0.25) is 0 Å². The Morgan fingerprint density at radius 3 is 2.11 bits per heavy atom. The predicted molar refractivity (Wildman–Crippen MR) is 143 cm³/mol. The first-order chi connectivity index (χ1) is 17.5. The molecule has 0 heterocycles. The Morgan fingerprint density at radius 2 is 1.44 bits per heavy atom. The van der Waals surface area contributed by atoms with Gasteiger partial charge in [-0.05, 0) is 54.1 Å². The Labute approximate surface area is 216 Å². The Morgan fingerprint density at radius 1 is 0.833 bits per heavy atom. The fraction of sp³-hybridized carbons (Fsp3) is 0.107. The lowest BCUT2D eigenvalue weighted by atomic mass is 10.2. The number of benzene rings is 4. The first-order valence-electron chi connectivity index (χ1n) is 11.3. The quantitative estimate of drug-likeness (QED) is 0.293. The van der Waals surface area contributed by atoms with Crippen molar-refractivity contribution < 1.29 is 17.9 Å². The Bertz CT molecular complexity index is 1390. The van der Waals surface area contributed by atoms with Gasteiger partial charge in [-0.15, -0.1) is 0 Å². The van der Waals surface area contributed by atoms with Crippen LogP contribution in [-0.4, -0.2) is 32.3 Å². The van der Waals surface area contributed by atoms with Crippen molar-refractivity contribution >= 4 is 33.4 Å². The number of rotatable bonds is 10. The number of amides is 1. The first-order valence-corrected chi connectivity index (χ1v) is 13.5. The van der Waals surface area contributed by atoms with Gasteiger partial charge in [0.2, 0.25) is 15.9 Å². The van der Waals surface area contributed by atoms with E-state index in [1.807, 2.05) is 84.9 Å². The smallest absolute Gasteiger partial charge is 0.243 e. The molecule has 0 unspecified atom stereocenters. The molecule has 4 rings (SSSR count). The van der Waals surface area contributed by atoms with Gasteiger partial charge in [0.15, 0.2) is 0 Å². The van der Waals surface area contributed by atoms with Gasteiger partial charge in [-0.2, -0.15) is 4.31 Å². The zero-order valence-electron chi connectivity index (χ0n) is 19.7. The molecule has 0 radical (unpaired) electrons. The van der Waals surface area contributed by atoms with Crippen LogP contribution in [0.4, 0.5) is 5.69 Å². The molecule has 184 valence electrons. The van der Waals surface area contributed by atoms with E-state index >= 15 is 0 Å². The van der Waals surface area contributed by atoms with E-state index in [1.165, 1.54) is 35.3 Å². The molecule has 6 nitrogen and oxygen atoms in total. The third kappa shape index (κ3) is 6.54. The van der Waals surface area contributed by atoms with E-state index in [9.17, 15) is 13.2 Å². The average Bonchev–Trinajstić information content (AvgIpc) is 2.90.